The molecule has 0 aliphatic heterocycles. The molecule has 1 saturated carbocycles. The Morgan fingerprint density at radius 2 is 1.84 bits per heavy atom. The lowest BCUT2D eigenvalue weighted by Gasteiger charge is -2.35. The monoisotopic (exact) mass is 283 g/mol. The van der Waals surface area contributed by atoms with Gasteiger partial charge in [-0.3, -0.25) is 0 Å². The Morgan fingerprint density at radius 3 is 2.47 bits per heavy atom. The molecule has 1 heterocycles. The van der Waals surface area contributed by atoms with Gasteiger partial charge in [-0.2, -0.15) is 0 Å². The molecule has 2 rings (SSSR count). The summed E-state index contributed by atoms with van der Waals surface area (Å²) in [7, 11) is 0. The second-order valence-electron chi connectivity index (χ2n) is 5.27. The molecule has 0 bridgehead atoms. The minimum absolute atomic E-state index is 0.138. The van der Waals surface area contributed by atoms with E-state index < -0.39 is 0 Å². The van der Waals surface area contributed by atoms with Gasteiger partial charge < -0.3 is 10.0 Å². The zero-order valence-corrected chi connectivity index (χ0v) is 12.4. The van der Waals surface area contributed by atoms with Crippen LogP contribution in [0.15, 0.2) is 0 Å². The molecule has 1 aromatic heterocycles. The van der Waals surface area contributed by atoms with Crippen molar-refractivity contribution in [2.24, 2.45) is 0 Å². The standard InChI is InChI=1S/C14H22ClN3O/c1-10-11(2)14(17-16-13(10)15)18(8-9-19)12-6-4-3-5-7-12/h12,19H,3-9H2,1-2H3. The zero-order valence-electron chi connectivity index (χ0n) is 11.7. The average molecular weight is 284 g/mol. The van der Waals surface area contributed by atoms with Crippen LogP contribution < -0.4 is 4.90 Å². The highest BCUT2D eigenvalue weighted by atomic mass is 35.5. The molecule has 1 aliphatic carbocycles. The Bertz CT molecular complexity index is 433. The van der Waals surface area contributed by atoms with E-state index in [-0.39, 0.29) is 6.61 Å². The minimum atomic E-state index is 0.138. The molecule has 1 fully saturated rings. The Kier molecular flexibility index (Phi) is 4.99. The maximum atomic E-state index is 9.33. The Balaban J connectivity index is 2.30. The molecule has 0 amide bonds. The van der Waals surface area contributed by atoms with Crippen LogP contribution in [0.5, 0.6) is 0 Å². The third-order valence-electron chi connectivity index (χ3n) is 4.07. The highest BCUT2D eigenvalue weighted by molar-refractivity contribution is 6.30. The maximum Gasteiger partial charge on any atom is 0.155 e. The van der Waals surface area contributed by atoms with E-state index in [1.165, 1.54) is 32.1 Å². The first-order valence-corrected chi connectivity index (χ1v) is 7.39. The normalized spacial score (nSPS) is 16.6. The van der Waals surface area contributed by atoms with Gasteiger partial charge in [0, 0.05) is 12.6 Å². The third kappa shape index (κ3) is 3.18. The zero-order chi connectivity index (χ0) is 13.8. The Morgan fingerprint density at radius 1 is 1.16 bits per heavy atom. The lowest BCUT2D eigenvalue weighted by atomic mass is 9.94. The number of halogens is 1. The molecule has 0 atom stereocenters. The Hall–Kier alpha value is -0.870. The fraction of sp³-hybridized carbons (Fsp3) is 0.714. The molecule has 1 aliphatic rings. The molecule has 0 radical (unpaired) electrons. The highest BCUT2D eigenvalue weighted by Gasteiger charge is 2.24. The summed E-state index contributed by atoms with van der Waals surface area (Å²) in [6.45, 7) is 4.74. The average Bonchev–Trinajstić information content (AvgIpc) is 2.44. The fourth-order valence-electron chi connectivity index (χ4n) is 2.80. The van der Waals surface area contributed by atoms with E-state index in [9.17, 15) is 5.11 Å². The van der Waals surface area contributed by atoms with Crippen molar-refractivity contribution >= 4 is 17.4 Å². The molecule has 0 aromatic carbocycles. The first-order valence-electron chi connectivity index (χ1n) is 7.02. The predicted molar refractivity (Wildman–Crippen MR) is 77.8 cm³/mol. The second-order valence-corrected chi connectivity index (χ2v) is 5.63. The van der Waals surface area contributed by atoms with E-state index in [0.29, 0.717) is 17.7 Å². The summed E-state index contributed by atoms with van der Waals surface area (Å²) in [6, 6.07) is 0.467. The number of nitrogens with zero attached hydrogens (tertiary/aromatic N) is 3. The molecular formula is C14H22ClN3O. The van der Waals surface area contributed by atoms with E-state index in [1.807, 2.05) is 13.8 Å². The van der Waals surface area contributed by atoms with Crippen molar-refractivity contribution in [3.8, 4) is 0 Å². The summed E-state index contributed by atoms with van der Waals surface area (Å²) >= 11 is 6.01. The molecule has 0 unspecified atom stereocenters. The predicted octanol–water partition coefficient (Wildman–Crippen LogP) is 2.88. The van der Waals surface area contributed by atoms with Gasteiger partial charge in [-0.05, 0) is 37.8 Å². The number of hydrogen-bond donors (Lipinski definition) is 1. The summed E-state index contributed by atoms with van der Waals surface area (Å²) in [5, 5.41) is 18.1. The molecule has 1 N–H and O–H groups in total. The summed E-state index contributed by atoms with van der Waals surface area (Å²) in [6.07, 6.45) is 6.16. The van der Waals surface area contributed by atoms with E-state index in [0.717, 1.165) is 16.9 Å². The van der Waals surface area contributed by atoms with Crippen LogP contribution in [0.1, 0.15) is 43.2 Å². The number of aromatic nitrogens is 2. The maximum absolute atomic E-state index is 9.33. The van der Waals surface area contributed by atoms with Crippen LogP contribution in [0, 0.1) is 13.8 Å². The molecule has 4 nitrogen and oxygen atoms in total. The molecule has 5 heteroatoms. The number of aliphatic hydroxyl groups is 1. The summed E-state index contributed by atoms with van der Waals surface area (Å²) in [4.78, 5) is 2.21. The second kappa shape index (κ2) is 6.53. The van der Waals surface area contributed by atoms with Crippen LogP contribution in [-0.4, -0.2) is 34.5 Å². The third-order valence-corrected chi connectivity index (χ3v) is 4.43. The number of anilines is 1. The van der Waals surface area contributed by atoms with Crippen molar-refractivity contribution < 1.29 is 5.11 Å². The van der Waals surface area contributed by atoms with E-state index in [2.05, 4.69) is 15.1 Å². The van der Waals surface area contributed by atoms with Gasteiger partial charge in [0.1, 0.15) is 0 Å². The highest BCUT2D eigenvalue weighted by Crippen LogP contribution is 2.30. The van der Waals surface area contributed by atoms with Crippen molar-refractivity contribution in [1.82, 2.24) is 10.2 Å². The molecule has 106 valence electrons. The topological polar surface area (TPSA) is 49.2 Å². The van der Waals surface area contributed by atoms with Crippen LogP contribution in [-0.2, 0) is 0 Å². The summed E-state index contributed by atoms with van der Waals surface area (Å²) < 4.78 is 0. The molecule has 0 saturated heterocycles. The van der Waals surface area contributed by atoms with E-state index in [4.69, 9.17) is 11.6 Å². The van der Waals surface area contributed by atoms with Gasteiger partial charge in [0.15, 0.2) is 11.0 Å². The van der Waals surface area contributed by atoms with Crippen molar-refractivity contribution in [1.29, 1.82) is 0 Å². The summed E-state index contributed by atoms with van der Waals surface area (Å²) in [5.74, 6) is 0.878. The number of rotatable bonds is 4. The molecule has 0 spiro atoms. The van der Waals surface area contributed by atoms with Gasteiger partial charge in [-0.15, -0.1) is 10.2 Å². The van der Waals surface area contributed by atoms with Crippen molar-refractivity contribution in [2.75, 3.05) is 18.1 Å². The van der Waals surface area contributed by atoms with E-state index in [1.54, 1.807) is 0 Å². The van der Waals surface area contributed by atoms with Gasteiger partial charge in [0.25, 0.3) is 0 Å². The van der Waals surface area contributed by atoms with E-state index >= 15 is 0 Å². The number of aliphatic hydroxyl groups excluding tert-OH is 1. The van der Waals surface area contributed by atoms with Gasteiger partial charge in [-0.1, -0.05) is 30.9 Å². The summed E-state index contributed by atoms with van der Waals surface area (Å²) in [5.41, 5.74) is 2.05. The van der Waals surface area contributed by atoms with Crippen LogP contribution in [0.2, 0.25) is 5.15 Å². The van der Waals surface area contributed by atoms with Crippen molar-refractivity contribution in [3.63, 3.8) is 0 Å². The lowest BCUT2D eigenvalue weighted by molar-refractivity contribution is 0.289. The van der Waals surface area contributed by atoms with Crippen LogP contribution >= 0.6 is 11.6 Å². The van der Waals surface area contributed by atoms with Gasteiger partial charge in [-0.25, -0.2) is 0 Å². The van der Waals surface area contributed by atoms with Crippen molar-refractivity contribution in [3.05, 3.63) is 16.3 Å². The number of hydrogen-bond acceptors (Lipinski definition) is 4. The SMILES string of the molecule is Cc1c(Cl)nnc(N(CCO)C2CCCCC2)c1C. The van der Waals surface area contributed by atoms with Gasteiger partial charge in [0.05, 0.1) is 6.61 Å². The molecule has 19 heavy (non-hydrogen) atoms. The largest absolute Gasteiger partial charge is 0.395 e. The van der Waals surface area contributed by atoms with Crippen LogP contribution in [0.4, 0.5) is 5.82 Å². The van der Waals surface area contributed by atoms with Crippen LogP contribution in [0.25, 0.3) is 0 Å². The minimum Gasteiger partial charge on any atom is -0.395 e. The van der Waals surface area contributed by atoms with Crippen LogP contribution in [0.3, 0.4) is 0 Å². The Labute approximate surface area is 119 Å². The van der Waals surface area contributed by atoms with Gasteiger partial charge in [0.2, 0.25) is 0 Å². The quantitative estimate of drug-likeness (QED) is 0.923. The van der Waals surface area contributed by atoms with Crippen molar-refractivity contribution in [2.45, 2.75) is 52.0 Å². The first kappa shape index (κ1) is 14.5. The fourth-order valence-corrected chi connectivity index (χ4v) is 2.98. The van der Waals surface area contributed by atoms with Gasteiger partial charge >= 0.3 is 0 Å². The first-order chi connectivity index (χ1) is 9.15. The molecular weight excluding hydrogens is 262 g/mol. The molecule has 1 aromatic rings. The lowest BCUT2D eigenvalue weighted by Crippen LogP contribution is -2.40. The smallest absolute Gasteiger partial charge is 0.155 e.